The lowest BCUT2D eigenvalue weighted by Crippen LogP contribution is -2.24. The fourth-order valence-corrected chi connectivity index (χ4v) is 3.49. The minimum Gasteiger partial charge on any atom is -0.352 e. The summed E-state index contributed by atoms with van der Waals surface area (Å²) in [6, 6.07) is 5.03. The summed E-state index contributed by atoms with van der Waals surface area (Å²) in [5.41, 5.74) is 0.381. The molecule has 1 aliphatic rings. The van der Waals surface area contributed by atoms with E-state index in [2.05, 4.69) is 15.6 Å². The van der Waals surface area contributed by atoms with E-state index in [4.69, 9.17) is 23.2 Å². The number of aliphatic imine (C=N–C) groups is 1. The van der Waals surface area contributed by atoms with Gasteiger partial charge in [0.15, 0.2) is 5.17 Å². The van der Waals surface area contributed by atoms with Gasteiger partial charge in [0.05, 0.1) is 15.0 Å². The lowest BCUT2D eigenvalue weighted by atomic mass is 10.3. The van der Waals surface area contributed by atoms with Gasteiger partial charge in [0.25, 0.3) is 5.91 Å². The SMILES string of the molecule is CSCCCNC(=O)/C=C1\SC(=Nc2c(Cl)cccc2Cl)NC1=O. The summed E-state index contributed by atoms with van der Waals surface area (Å²) in [5.74, 6) is 0.300. The lowest BCUT2D eigenvalue weighted by molar-refractivity contribution is -0.118. The maximum Gasteiger partial charge on any atom is 0.264 e. The van der Waals surface area contributed by atoms with E-state index in [1.54, 1.807) is 30.0 Å². The molecule has 1 aromatic carbocycles. The zero-order valence-electron chi connectivity index (χ0n) is 12.8. The standard InChI is InChI=1S/C15H15Cl2N3O2S2/c1-23-7-3-6-18-12(21)8-11-14(22)20-15(24-11)19-13-9(16)4-2-5-10(13)17/h2,4-5,8H,3,6-7H2,1H3,(H,18,21)(H,19,20,22)/b11-8-. The Morgan fingerprint density at radius 1 is 1.42 bits per heavy atom. The monoisotopic (exact) mass is 403 g/mol. The second-order valence-corrected chi connectivity index (χ2v) is 7.52. The highest BCUT2D eigenvalue weighted by Gasteiger charge is 2.25. The number of nitrogens with one attached hydrogen (secondary N) is 2. The number of benzene rings is 1. The second-order valence-electron chi connectivity index (χ2n) is 4.69. The third-order valence-corrected chi connectivity index (χ3v) is 5.11. The summed E-state index contributed by atoms with van der Waals surface area (Å²) in [7, 11) is 0. The van der Waals surface area contributed by atoms with Crippen LogP contribution in [0.3, 0.4) is 0 Å². The minimum absolute atomic E-state index is 0.277. The fraction of sp³-hybridized carbons (Fsp3) is 0.267. The van der Waals surface area contributed by atoms with Crippen molar-refractivity contribution in [2.24, 2.45) is 4.99 Å². The number of hydrogen-bond acceptors (Lipinski definition) is 5. The van der Waals surface area contributed by atoms with Crippen LogP contribution in [-0.4, -0.2) is 35.5 Å². The van der Waals surface area contributed by atoms with Crippen molar-refractivity contribution in [3.05, 3.63) is 39.2 Å². The number of amides is 2. The molecule has 0 bridgehead atoms. The molecule has 2 N–H and O–H groups in total. The van der Waals surface area contributed by atoms with Gasteiger partial charge in [0.1, 0.15) is 5.69 Å². The summed E-state index contributed by atoms with van der Waals surface area (Å²) in [4.78, 5) is 28.3. The number of para-hydroxylation sites is 1. The summed E-state index contributed by atoms with van der Waals surface area (Å²) >= 11 is 14.9. The van der Waals surface area contributed by atoms with Crippen LogP contribution in [0.25, 0.3) is 0 Å². The summed E-state index contributed by atoms with van der Waals surface area (Å²) in [5, 5.41) is 6.43. The van der Waals surface area contributed by atoms with Crippen LogP contribution < -0.4 is 10.6 Å². The molecule has 9 heteroatoms. The molecule has 1 heterocycles. The average molecular weight is 404 g/mol. The van der Waals surface area contributed by atoms with Crippen LogP contribution in [0, 0.1) is 0 Å². The molecule has 0 atom stereocenters. The molecule has 0 spiro atoms. The van der Waals surface area contributed by atoms with E-state index in [0.29, 0.717) is 27.4 Å². The number of rotatable bonds is 6. The number of hydrogen-bond donors (Lipinski definition) is 2. The van der Waals surface area contributed by atoms with Crippen LogP contribution in [0.1, 0.15) is 6.42 Å². The zero-order valence-corrected chi connectivity index (χ0v) is 15.9. The molecular formula is C15H15Cl2N3O2S2. The largest absolute Gasteiger partial charge is 0.352 e. The number of nitrogens with zero attached hydrogens (tertiary/aromatic N) is 1. The first-order chi connectivity index (χ1) is 11.5. The Bertz CT molecular complexity index is 688. The van der Waals surface area contributed by atoms with E-state index in [-0.39, 0.29) is 16.7 Å². The van der Waals surface area contributed by atoms with Crippen LogP contribution in [0.5, 0.6) is 0 Å². The van der Waals surface area contributed by atoms with Crippen LogP contribution in [0.2, 0.25) is 10.0 Å². The van der Waals surface area contributed by atoms with E-state index in [1.807, 2.05) is 6.26 Å². The fourth-order valence-electron chi connectivity index (χ4n) is 1.78. The molecule has 2 rings (SSSR count). The van der Waals surface area contributed by atoms with E-state index < -0.39 is 0 Å². The van der Waals surface area contributed by atoms with Crippen LogP contribution >= 0.6 is 46.7 Å². The van der Waals surface area contributed by atoms with E-state index in [0.717, 1.165) is 23.9 Å². The smallest absolute Gasteiger partial charge is 0.264 e. The average Bonchev–Trinajstić information content (AvgIpc) is 2.87. The van der Waals surface area contributed by atoms with Gasteiger partial charge in [-0.15, -0.1) is 0 Å². The molecule has 1 saturated heterocycles. The van der Waals surface area contributed by atoms with Gasteiger partial charge in [-0.25, -0.2) is 4.99 Å². The quantitative estimate of drug-likeness (QED) is 0.562. The summed E-state index contributed by atoms with van der Waals surface area (Å²) < 4.78 is 0. The van der Waals surface area contributed by atoms with Crippen molar-refractivity contribution >= 4 is 69.4 Å². The van der Waals surface area contributed by atoms with Gasteiger partial charge >= 0.3 is 0 Å². The number of thioether (sulfide) groups is 2. The van der Waals surface area contributed by atoms with Gasteiger partial charge in [0, 0.05) is 12.6 Å². The van der Waals surface area contributed by atoms with Crippen LogP contribution in [0.15, 0.2) is 34.2 Å². The molecule has 0 unspecified atom stereocenters. The number of carbonyl (C=O) groups is 2. The topological polar surface area (TPSA) is 70.6 Å². The van der Waals surface area contributed by atoms with Gasteiger partial charge in [-0.2, -0.15) is 11.8 Å². The third kappa shape index (κ3) is 5.44. The van der Waals surface area contributed by atoms with Crippen molar-refractivity contribution < 1.29 is 9.59 Å². The van der Waals surface area contributed by atoms with Crippen molar-refractivity contribution in [1.29, 1.82) is 0 Å². The van der Waals surface area contributed by atoms with E-state index in [1.165, 1.54) is 6.08 Å². The summed E-state index contributed by atoms with van der Waals surface area (Å²) in [6.07, 6.45) is 4.17. The molecule has 128 valence electrons. The number of carbonyl (C=O) groups excluding carboxylic acids is 2. The first kappa shape index (κ1) is 19.2. The normalized spacial score (nSPS) is 17.4. The van der Waals surface area contributed by atoms with Crippen molar-refractivity contribution in [3.8, 4) is 0 Å². The zero-order chi connectivity index (χ0) is 17.5. The molecule has 0 aromatic heterocycles. The highest BCUT2D eigenvalue weighted by Crippen LogP contribution is 2.35. The van der Waals surface area contributed by atoms with Gasteiger partial charge in [-0.1, -0.05) is 29.3 Å². The molecule has 1 aromatic rings. The molecule has 24 heavy (non-hydrogen) atoms. The second kappa shape index (κ2) is 9.36. The van der Waals surface area contributed by atoms with Crippen molar-refractivity contribution in [2.45, 2.75) is 6.42 Å². The van der Waals surface area contributed by atoms with Gasteiger partial charge in [-0.05, 0) is 42.3 Å². The van der Waals surface area contributed by atoms with Crippen LogP contribution in [-0.2, 0) is 9.59 Å². The molecule has 0 radical (unpaired) electrons. The van der Waals surface area contributed by atoms with Gasteiger partial charge in [-0.3, -0.25) is 9.59 Å². The first-order valence-electron chi connectivity index (χ1n) is 7.01. The molecular weight excluding hydrogens is 389 g/mol. The lowest BCUT2D eigenvalue weighted by Gasteiger charge is -2.01. The Kier molecular flexibility index (Phi) is 7.48. The van der Waals surface area contributed by atoms with Gasteiger partial charge in [0.2, 0.25) is 5.91 Å². The maximum absolute atomic E-state index is 11.9. The predicted molar refractivity (Wildman–Crippen MR) is 103 cm³/mol. The minimum atomic E-state index is -0.374. The molecule has 0 saturated carbocycles. The van der Waals surface area contributed by atoms with E-state index in [9.17, 15) is 9.59 Å². The number of amidine groups is 1. The molecule has 1 aliphatic heterocycles. The van der Waals surface area contributed by atoms with Crippen LogP contribution in [0.4, 0.5) is 5.69 Å². The van der Waals surface area contributed by atoms with Gasteiger partial charge < -0.3 is 10.6 Å². The summed E-state index contributed by atoms with van der Waals surface area (Å²) in [6.45, 7) is 0.575. The Labute approximate surface area is 158 Å². The predicted octanol–water partition coefficient (Wildman–Crippen LogP) is 3.60. The third-order valence-electron chi connectivity index (χ3n) is 2.89. The molecule has 1 fully saturated rings. The van der Waals surface area contributed by atoms with Crippen molar-refractivity contribution in [2.75, 3.05) is 18.6 Å². The highest BCUT2D eigenvalue weighted by atomic mass is 35.5. The van der Waals surface area contributed by atoms with Crippen molar-refractivity contribution in [1.82, 2.24) is 10.6 Å². The highest BCUT2D eigenvalue weighted by molar-refractivity contribution is 8.18. The Balaban J connectivity index is 2.04. The van der Waals surface area contributed by atoms with E-state index >= 15 is 0 Å². The van der Waals surface area contributed by atoms with Crippen molar-refractivity contribution in [3.63, 3.8) is 0 Å². The molecule has 5 nitrogen and oxygen atoms in total. The maximum atomic E-state index is 11.9. The molecule has 2 amide bonds. The Morgan fingerprint density at radius 3 is 2.79 bits per heavy atom. The Hall–Kier alpha value is -1.15. The number of halogens is 2. The molecule has 0 aliphatic carbocycles. The Morgan fingerprint density at radius 2 is 2.12 bits per heavy atom. The first-order valence-corrected chi connectivity index (χ1v) is 9.98.